The second-order valence-electron chi connectivity index (χ2n) is 5.33. The average Bonchev–Trinajstić information content (AvgIpc) is 2.81. The van der Waals surface area contributed by atoms with Crippen LogP contribution < -0.4 is 20.1 Å². The molecule has 2 aliphatic rings. The van der Waals surface area contributed by atoms with Gasteiger partial charge >= 0.3 is 0 Å². The van der Waals surface area contributed by atoms with Crippen molar-refractivity contribution in [3.8, 4) is 11.5 Å². The van der Waals surface area contributed by atoms with Gasteiger partial charge in [0.1, 0.15) is 0 Å². The third kappa shape index (κ3) is 3.76. The van der Waals surface area contributed by atoms with Gasteiger partial charge in [-0.05, 0) is 56.1 Å². The molecule has 5 heteroatoms. The largest absolute Gasteiger partial charge is 0.454 e. The highest BCUT2D eigenvalue weighted by Gasteiger charge is 2.14. The van der Waals surface area contributed by atoms with E-state index in [1.807, 2.05) is 18.2 Å². The Bertz CT molecular complexity index is 534. The number of ether oxygens (including phenoxy) is 2. The molecule has 1 amide bonds. The summed E-state index contributed by atoms with van der Waals surface area (Å²) < 4.78 is 10.6. The molecule has 1 saturated heterocycles. The van der Waals surface area contributed by atoms with Gasteiger partial charge in [-0.1, -0.05) is 6.07 Å². The van der Waals surface area contributed by atoms with E-state index in [1.165, 1.54) is 0 Å². The first-order chi connectivity index (χ1) is 10.3. The molecule has 1 aromatic rings. The molecule has 1 aromatic carbocycles. The number of benzene rings is 1. The standard InChI is InChI=1S/C16H20N2O3/c19-16(18-13-2-1-8-17-9-7-13)6-4-12-3-5-14-15(10-12)21-11-20-14/h3-6,10,13,17H,1-2,7-9,11H2,(H,18,19)/b6-4+. The molecular formula is C16H20N2O3. The highest BCUT2D eigenvalue weighted by molar-refractivity contribution is 5.92. The van der Waals surface area contributed by atoms with Crippen LogP contribution in [0.4, 0.5) is 0 Å². The Balaban J connectivity index is 1.56. The highest BCUT2D eigenvalue weighted by Crippen LogP contribution is 2.32. The SMILES string of the molecule is O=C(/C=C/c1ccc2c(c1)OCO2)NC1CCCNCC1. The molecule has 0 aromatic heterocycles. The van der Waals surface area contributed by atoms with Crippen molar-refractivity contribution in [3.63, 3.8) is 0 Å². The van der Waals surface area contributed by atoms with Crippen LogP contribution in [0.1, 0.15) is 24.8 Å². The first-order valence-corrected chi connectivity index (χ1v) is 7.40. The third-order valence-corrected chi connectivity index (χ3v) is 3.75. The lowest BCUT2D eigenvalue weighted by atomic mass is 10.1. The van der Waals surface area contributed by atoms with Crippen molar-refractivity contribution in [2.45, 2.75) is 25.3 Å². The van der Waals surface area contributed by atoms with E-state index < -0.39 is 0 Å². The van der Waals surface area contributed by atoms with Crippen molar-refractivity contribution < 1.29 is 14.3 Å². The second-order valence-corrected chi connectivity index (χ2v) is 5.33. The zero-order valence-electron chi connectivity index (χ0n) is 11.9. The van der Waals surface area contributed by atoms with Crippen LogP contribution in [0.15, 0.2) is 24.3 Å². The number of nitrogens with one attached hydrogen (secondary N) is 2. The lowest BCUT2D eigenvalue weighted by Crippen LogP contribution is -2.34. The summed E-state index contributed by atoms with van der Waals surface area (Å²) in [5, 5.41) is 6.40. The van der Waals surface area contributed by atoms with Crippen molar-refractivity contribution in [2.24, 2.45) is 0 Å². The van der Waals surface area contributed by atoms with Crippen LogP contribution in [0.5, 0.6) is 11.5 Å². The zero-order chi connectivity index (χ0) is 14.5. The van der Waals surface area contributed by atoms with Crippen LogP contribution >= 0.6 is 0 Å². The first kappa shape index (κ1) is 13.9. The molecule has 1 unspecified atom stereocenters. The van der Waals surface area contributed by atoms with Crippen molar-refractivity contribution in [2.75, 3.05) is 19.9 Å². The van der Waals surface area contributed by atoms with Crippen molar-refractivity contribution in [1.29, 1.82) is 0 Å². The van der Waals surface area contributed by atoms with Gasteiger partial charge in [-0.3, -0.25) is 4.79 Å². The van der Waals surface area contributed by atoms with Gasteiger partial charge in [-0.15, -0.1) is 0 Å². The van der Waals surface area contributed by atoms with Crippen molar-refractivity contribution in [3.05, 3.63) is 29.8 Å². The molecule has 5 nitrogen and oxygen atoms in total. The van der Waals surface area contributed by atoms with Gasteiger partial charge in [0.2, 0.25) is 12.7 Å². The summed E-state index contributed by atoms with van der Waals surface area (Å²) in [4.78, 5) is 12.0. The Kier molecular flexibility index (Phi) is 4.40. The van der Waals surface area contributed by atoms with E-state index >= 15 is 0 Å². The van der Waals surface area contributed by atoms with Crippen LogP contribution in [-0.2, 0) is 4.79 Å². The maximum atomic E-state index is 12.0. The van der Waals surface area contributed by atoms with E-state index in [1.54, 1.807) is 12.2 Å². The maximum absolute atomic E-state index is 12.0. The van der Waals surface area contributed by atoms with E-state index in [-0.39, 0.29) is 18.7 Å². The quantitative estimate of drug-likeness (QED) is 0.831. The van der Waals surface area contributed by atoms with Gasteiger partial charge < -0.3 is 20.1 Å². The fraction of sp³-hybridized carbons (Fsp3) is 0.438. The number of fused-ring (bicyclic) bond motifs is 1. The number of carbonyl (C=O) groups excluding carboxylic acids is 1. The summed E-state index contributed by atoms with van der Waals surface area (Å²) >= 11 is 0. The minimum Gasteiger partial charge on any atom is -0.454 e. The van der Waals surface area contributed by atoms with Crippen molar-refractivity contribution in [1.82, 2.24) is 10.6 Å². The summed E-state index contributed by atoms with van der Waals surface area (Å²) in [6.07, 6.45) is 6.51. The fourth-order valence-electron chi connectivity index (χ4n) is 2.60. The van der Waals surface area contributed by atoms with Crippen LogP contribution in [0.3, 0.4) is 0 Å². The number of hydrogen-bond donors (Lipinski definition) is 2. The predicted octanol–water partition coefficient (Wildman–Crippen LogP) is 1.69. The van der Waals surface area contributed by atoms with Gasteiger partial charge in [0, 0.05) is 12.1 Å². The van der Waals surface area contributed by atoms with Crippen molar-refractivity contribution >= 4 is 12.0 Å². The third-order valence-electron chi connectivity index (χ3n) is 3.75. The Morgan fingerprint density at radius 2 is 2.14 bits per heavy atom. The molecular weight excluding hydrogens is 268 g/mol. The molecule has 0 spiro atoms. The first-order valence-electron chi connectivity index (χ1n) is 7.40. The molecule has 3 rings (SSSR count). The molecule has 0 saturated carbocycles. The van der Waals surface area contributed by atoms with Gasteiger partial charge in [0.25, 0.3) is 0 Å². The second kappa shape index (κ2) is 6.63. The summed E-state index contributed by atoms with van der Waals surface area (Å²) in [7, 11) is 0. The normalized spacial score (nSPS) is 21.2. The topological polar surface area (TPSA) is 59.6 Å². The number of amides is 1. The molecule has 0 radical (unpaired) electrons. The van der Waals surface area contributed by atoms with Crippen LogP contribution in [0.2, 0.25) is 0 Å². The molecule has 0 aliphatic carbocycles. The van der Waals surface area contributed by atoms with Gasteiger partial charge in [0.05, 0.1) is 0 Å². The molecule has 2 heterocycles. The van der Waals surface area contributed by atoms with Crippen LogP contribution in [-0.4, -0.2) is 31.8 Å². The molecule has 2 aliphatic heterocycles. The average molecular weight is 288 g/mol. The lowest BCUT2D eigenvalue weighted by molar-refractivity contribution is -0.117. The molecule has 112 valence electrons. The lowest BCUT2D eigenvalue weighted by Gasteiger charge is -2.14. The van der Waals surface area contributed by atoms with E-state index in [0.717, 1.165) is 49.4 Å². The fourth-order valence-corrected chi connectivity index (χ4v) is 2.60. The summed E-state index contributed by atoms with van der Waals surface area (Å²) in [5.74, 6) is 1.44. The number of hydrogen-bond acceptors (Lipinski definition) is 4. The summed E-state index contributed by atoms with van der Waals surface area (Å²) in [6, 6.07) is 5.92. The van der Waals surface area contributed by atoms with E-state index in [4.69, 9.17) is 9.47 Å². The Morgan fingerprint density at radius 3 is 3.10 bits per heavy atom. The van der Waals surface area contributed by atoms with E-state index in [9.17, 15) is 4.79 Å². The summed E-state index contributed by atoms with van der Waals surface area (Å²) in [6.45, 7) is 2.27. The van der Waals surface area contributed by atoms with E-state index in [0.29, 0.717) is 0 Å². The highest BCUT2D eigenvalue weighted by atomic mass is 16.7. The predicted molar refractivity (Wildman–Crippen MR) is 80.3 cm³/mol. The number of rotatable bonds is 3. The Hall–Kier alpha value is -2.01. The smallest absolute Gasteiger partial charge is 0.244 e. The Labute approximate surface area is 124 Å². The van der Waals surface area contributed by atoms with Crippen LogP contribution in [0.25, 0.3) is 6.08 Å². The molecule has 0 bridgehead atoms. The molecule has 21 heavy (non-hydrogen) atoms. The van der Waals surface area contributed by atoms with E-state index in [2.05, 4.69) is 10.6 Å². The minimum atomic E-state index is -0.0421. The number of carbonyl (C=O) groups is 1. The van der Waals surface area contributed by atoms with Crippen LogP contribution in [0, 0.1) is 0 Å². The zero-order valence-corrected chi connectivity index (χ0v) is 11.9. The van der Waals surface area contributed by atoms with Gasteiger partial charge in [-0.2, -0.15) is 0 Å². The molecule has 2 N–H and O–H groups in total. The maximum Gasteiger partial charge on any atom is 0.244 e. The molecule has 1 fully saturated rings. The van der Waals surface area contributed by atoms with Gasteiger partial charge in [-0.25, -0.2) is 0 Å². The molecule has 1 atom stereocenters. The van der Waals surface area contributed by atoms with Gasteiger partial charge in [0.15, 0.2) is 11.5 Å². The minimum absolute atomic E-state index is 0.0421. The Morgan fingerprint density at radius 1 is 1.24 bits per heavy atom. The summed E-state index contributed by atoms with van der Waals surface area (Å²) in [5.41, 5.74) is 0.928. The monoisotopic (exact) mass is 288 g/mol.